The maximum Gasteiger partial charge on any atom is 0.307 e. The lowest BCUT2D eigenvalue weighted by Gasteiger charge is -2.32. The molecule has 1 unspecified atom stereocenters. The molecule has 2 aliphatic rings. The van der Waals surface area contributed by atoms with Crippen LogP contribution in [0, 0.1) is 11.0 Å². The zero-order valence-corrected chi connectivity index (χ0v) is 15.0. The summed E-state index contributed by atoms with van der Waals surface area (Å²) < 4.78 is 13.9. The largest absolute Gasteiger partial charge is 0.715 e. The van der Waals surface area contributed by atoms with Crippen molar-refractivity contribution in [2.24, 2.45) is 0 Å². The Bertz CT molecular complexity index is 728. The zero-order chi connectivity index (χ0) is 18.6. The second-order valence-electron chi connectivity index (χ2n) is 7.73. The van der Waals surface area contributed by atoms with Gasteiger partial charge < -0.3 is 10.1 Å². The molecule has 2 heterocycles. The van der Waals surface area contributed by atoms with E-state index in [1.807, 2.05) is 0 Å². The van der Waals surface area contributed by atoms with E-state index < -0.39 is 22.9 Å². The predicted octanol–water partition coefficient (Wildman–Crippen LogP) is 2.56. The molecule has 0 aromatic heterocycles. The van der Waals surface area contributed by atoms with Gasteiger partial charge in [-0.2, -0.15) is 0 Å². The first kappa shape index (κ1) is 17.7. The van der Waals surface area contributed by atoms with Gasteiger partial charge in [0.2, 0.25) is 0 Å². The van der Waals surface area contributed by atoms with E-state index in [1.165, 1.54) is 24.3 Å². The van der Waals surface area contributed by atoms with Crippen molar-refractivity contribution in [1.82, 2.24) is 9.96 Å². The van der Waals surface area contributed by atoms with Gasteiger partial charge in [-0.25, -0.2) is 4.39 Å². The Labute approximate surface area is 146 Å². The lowest BCUT2D eigenvalue weighted by atomic mass is 9.84. The molecule has 1 amide bonds. The number of amidine groups is 1. The number of hydrogen-bond donors (Lipinski definition) is 0. The van der Waals surface area contributed by atoms with Crippen LogP contribution in [0.2, 0.25) is 0 Å². The van der Waals surface area contributed by atoms with Gasteiger partial charge in [0, 0.05) is 17.3 Å². The first-order valence-electron chi connectivity index (χ1n) is 8.47. The lowest BCUT2D eigenvalue weighted by molar-refractivity contribution is -0.541. The molecule has 7 heteroatoms. The highest BCUT2D eigenvalue weighted by atomic mass is 19.1. The molecule has 3 rings (SSSR count). The summed E-state index contributed by atoms with van der Waals surface area (Å²) in [5.74, 6) is -0.623. The van der Waals surface area contributed by atoms with E-state index >= 15 is 0 Å². The van der Waals surface area contributed by atoms with Gasteiger partial charge in [0.1, 0.15) is 17.4 Å². The molecule has 1 saturated heterocycles. The van der Waals surface area contributed by atoms with Crippen molar-refractivity contribution in [3.63, 3.8) is 0 Å². The number of halogens is 1. The van der Waals surface area contributed by atoms with Gasteiger partial charge in [-0.05, 0) is 64.8 Å². The molecule has 1 aromatic carbocycles. The number of hydroxylamine groups is 3. The molecule has 1 fully saturated rings. The highest BCUT2D eigenvalue weighted by molar-refractivity contribution is 5.98. The van der Waals surface area contributed by atoms with Crippen LogP contribution in [0.5, 0.6) is 0 Å². The Morgan fingerprint density at radius 1 is 1.24 bits per heavy atom. The first-order chi connectivity index (χ1) is 11.6. The normalized spacial score (nSPS) is 25.0. The smallest absolute Gasteiger partial charge is 0.307 e. The summed E-state index contributed by atoms with van der Waals surface area (Å²) in [5.41, 5.74) is -1.46. The highest BCUT2D eigenvalue weighted by Crippen LogP contribution is 2.38. The van der Waals surface area contributed by atoms with E-state index in [-0.39, 0.29) is 11.7 Å². The Kier molecular flexibility index (Phi) is 4.02. The van der Waals surface area contributed by atoms with Crippen molar-refractivity contribution < 1.29 is 19.1 Å². The molecule has 1 atom stereocenters. The van der Waals surface area contributed by atoms with Crippen LogP contribution in [0.3, 0.4) is 0 Å². The monoisotopic (exact) mass is 348 g/mol. The van der Waals surface area contributed by atoms with Gasteiger partial charge >= 0.3 is 5.84 Å². The van der Waals surface area contributed by atoms with Gasteiger partial charge in [0.05, 0.1) is 0 Å². The summed E-state index contributed by atoms with van der Waals surface area (Å²) in [5, 5.41) is 26.4. The molecule has 2 aliphatic heterocycles. The highest BCUT2D eigenvalue weighted by Gasteiger charge is 2.62. The maximum absolute atomic E-state index is 13.1. The van der Waals surface area contributed by atoms with Crippen molar-refractivity contribution >= 4 is 11.7 Å². The van der Waals surface area contributed by atoms with E-state index in [4.69, 9.17) is 0 Å². The van der Waals surface area contributed by atoms with Crippen molar-refractivity contribution in [2.75, 3.05) is 6.54 Å². The van der Waals surface area contributed by atoms with Crippen LogP contribution >= 0.6 is 0 Å². The van der Waals surface area contributed by atoms with Crippen LogP contribution in [-0.4, -0.2) is 50.1 Å². The molecule has 1 radical (unpaired) electrons. The standard InChI is InChI=1S/C18H23FN3O3/c1-17(2)18(3,4)22(25)15(21(17)24)14-6-5-11-20(14)16(23)12-7-9-13(19)10-8-12/h7-10,14H,5-6,11H2,1-4H3. The number of likely N-dealkylation sites (tertiary alicyclic amines) is 1. The average Bonchev–Trinajstić information content (AvgIpc) is 3.07. The SMILES string of the molecule is CC1(C)N([O])C(C2CCCN2C(=O)c2ccc(F)cc2)=[N+]([O-])C1(C)C. The number of carbonyl (C=O) groups is 1. The summed E-state index contributed by atoms with van der Waals surface area (Å²) in [6.45, 7) is 7.41. The molecule has 0 N–H and O–H groups in total. The van der Waals surface area contributed by atoms with Crippen molar-refractivity contribution in [1.29, 1.82) is 0 Å². The minimum atomic E-state index is -0.905. The number of nitrogens with zero attached hydrogens (tertiary/aromatic N) is 3. The fourth-order valence-corrected chi connectivity index (χ4v) is 3.46. The van der Waals surface area contributed by atoms with Crippen LogP contribution in [0.1, 0.15) is 50.9 Å². The molecule has 0 saturated carbocycles. The van der Waals surface area contributed by atoms with E-state index in [2.05, 4.69) is 0 Å². The van der Waals surface area contributed by atoms with Crippen molar-refractivity contribution in [3.05, 3.63) is 40.9 Å². The number of hydrogen-bond acceptors (Lipinski definition) is 3. The Hall–Kier alpha value is -2.15. The number of benzene rings is 1. The van der Waals surface area contributed by atoms with Gasteiger partial charge in [-0.15, -0.1) is 0 Å². The fraction of sp³-hybridized carbons (Fsp3) is 0.556. The summed E-state index contributed by atoms with van der Waals surface area (Å²) >= 11 is 0. The van der Waals surface area contributed by atoms with Crippen molar-refractivity contribution in [2.45, 2.75) is 57.7 Å². The number of carbonyl (C=O) groups excluding carboxylic acids is 1. The third-order valence-corrected chi connectivity index (χ3v) is 5.83. The van der Waals surface area contributed by atoms with Gasteiger partial charge in [-0.1, -0.05) is 5.06 Å². The minimum absolute atomic E-state index is 0.0861. The third-order valence-electron chi connectivity index (χ3n) is 5.83. The lowest BCUT2D eigenvalue weighted by Crippen LogP contribution is -2.54. The summed E-state index contributed by atoms with van der Waals surface area (Å²) in [7, 11) is 0. The second-order valence-corrected chi connectivity index (χ2v) is 7.73. The van der Waals surface area contributed by atoms with E-state index in [9.17, 15) is 19.6 Å². The van der Waals surface area contributed by atoms with Crippen LogP contribution in [0.15, 0.2) is 24.3 Å². The van der Waals surface area contributed by atoms with Crippen molar-refractivity contribution in [3.8, 4) is 0 Å². The first-order valence-corrected chi connectivity index (χ1v) is 8.47. The van der Waals surface area contributed by atoms with E-state index in [1.54, 1.807) is 32.6 Å². The Morgan fingerprint density at radius 2 is 1.84 bits per heavy atom. The summed E-state index contributed by atoms with van der Waals surface area (Å²) in [6, 6.07) is 4.74. The molecule has 0 bridgehead atoms. The van der Waals surface area contributed by atoms with Gasteiger partial charge in [-0.3, -0.25) is 9.53 Å². The molecule has 0 aliphatic carbocycles. The van der Waals surface area contributed by atoms with Crippen LogP contribution < -0.4 is 0 Å². The second kappa shape index (κ2) is 5.69. The molecule has 25 heavy (non-hydrogen) atoms. The molecule has 6 nitrogen and oxygen atoms in total. The topological polar surface area (TPSA) is 69.5 Å². The summed E-state index contributed by atoms with van der Waals surface area (Å²) in [6.07, 6.45) is 1.27. The fourth-order valence-electron chi connectivity index (χ4n) is 3.46. The van der Waals surface area contributed by atoms with Crippen LogP contribution in [-0.2, 0) is 5.21 Å². The molecular formula is C18H23FN3O3. The number of rotatable bonds is 2. The Morgan fingerprint density at radius 3 is 2.36 bits per heavy atom. The van der Waals surface area contributed by atoms with Crippen LogP contribution in [0.25, 0.3) is 0 Å². The van der Waals surface area contributed by atoms with E-state index in [0.717, 1.165) is 9.80 Å². The molecule has 0 spiro atoms. The summed E-state index contributed by atoms with van der Waals surface area (Å²) in [4.78, 5) is 14.4. The molecule has 1 aromatic rings. The predicted molar refractivity (Wildman–Crippen MR) is 89.8 cm³/mol. The molecular weight excluding hydrogens is 325 g/mol. The van der Waals surface area contributed by atoms with Crippen LogP contribution in [0.4, 0.5) is 4.39 Å². The third kappa shape index (κ3) is 2.49. The average molecular weight is 348 g/mol. The molecule has 135 valence electrons. The zero-order valence-electron chi connectivity index (χ0n) is 15.0. The number of amides is 1. The van der Waals surface area contributed by atoms with E-state index in [0.29, 0.717) is 24.9 Å². The Balaban J connectivity index is 1.96. The quantitative estimate of drug-likeness (QED) is 0.609. The van der Waals surface area contributed by atoms with Gasteiger partial charge in [0.15, 0.2) is 5.54 Å². The minimum Gasteiger partial charge on any atom is -0.715 e. The maximum atomic E-state index is 13.1. The van der Waals surface area contributed by atoms with Gasteiger partial charge in [0.25, 0.3) is 5.91 Å².